The van der Waals surface area contributed by atoms with E-state index in [0.29, 0.717) is 5.56 Å². The van der Waals surface area contributed by atoms with Crippen molar-refractivity contribution in [2.45, 2.75) is 6.92 Å². The molecule has 0 saturated carbocycles. The van der Waals surface area contributed by atoms with Gasteiger partial charge >= 0.3 is 0 Å². The van der Waals surface area contributed by atoms with Crippen LogP contribution in [0, 0.1) is 6.92 Å². The van der Waals surface area contributed by atoms with Crippen LogP contribution in [0.25, 0.3) is 0 Å². The monoisotopic (exact) mass is 232 g/mol. The summed E-state index contributed by atoms with van der Waals surface area (Å²) in [6.45, 7) is 1.96. The van der Waals surface area contributed by atoms with Crippen LogP contribution in [0.4, 0.5) is 0 Å². The number of aryl methyl sites for hydroxylation is 1. The largest absolute Gasteiger partial charge is 0.497 e. The molecule has 0 aliphatic rings. The van der Waals surface area contributed by atoms with Gasteiger partial charge in [0.15, 0.2) is 5.78 Å². The molecule has 2 nitrogen and oxygen atoms in total. The molecule has 0 spiro atoms. The Labute approximate surface area is 98.5 Å². The van der Waals surface area contributed by atoms with Gasteiger partial charge in [-0.05, 0) is 42.6 Å². The molecule has 0 saturated heterocycles. The van der Waals surface area contributed by atoms with E-state index in [9.17, 15) is 4.79 Å². The Morgan fingerprint density at radius 1 is 1.19 bits per heavy atom. The molecule has 1 heterocycles. The van der Waals surface area contributed by atoms with Crippen molar-refractivity contribution in [1.29, 1.82) is 0 Å². The first-order valence-electron chi connectivity index (χ1n) is 4.95. The summed E-state index contributed by atoms with van der Waals surface area (Å²) in [6, 6.07) is 9.05. The fraction of sp³-hybridized carbons (Fsp3) is 0.154. The van der Waals surface area contributed by atoms with Gasteiger partial charge in [0.1, 0.15) is 5.75 Å². The maximum Gasteiger partial charge on any atom is 0.194 e. The summed E-state index contributed by atoms with van der Waals surface area (Å²) >= 11 is 1.59. The smallest absolute Gasteiger partial charge is 0.194 e. The van der Waals surface area contributed by atoms with Gasteiger partial charge in [-0.25, -0.2) is 0 Å². The van der Waals surface area contributed by atoms with Gasteiger partial charge in [-0.2, -0.15) is 0 Å². The summed E-state index contributed by atoms with van der Waals surface area (Å²) in [7, 11) is 1.61. The van der Waals surface area contributed by atoms with E-state index in [2.05, 4.69) is 0 Å². The van der Waals surface area contributed by atoms with E-state index < -0.39 is 0 Å². The third-order valence-electron chi connectivity index (χ3n) is 2.46. The van der Waals surface area contributed by atoms with E-state index in [1.165, 1.54) is 0 Å². The van der Waals surface area contributed by atoms with Crippen LogP contribution in [-0.2, 0) is 0 Å². The van der Waals surface area contributed by atoms with Gasteiger partial charge in [-0.15, -0.1) is 11.3 Å². The van der Waals surface area contributed by atoms with Crippen molar-refractivity contribution < 1.29 is 9.53 Å². The number of thiophene rings is 1. The van der Waals surface area contributed by atoms with E-state index in [1.807, 2.05) is 18.4 Å². The predicted octanol–water partition coefficient (Wildman–Crippen LogP) is 3.30. The molecule has 0 N–H and O–H groups in total. The maximum absolute atomic E-state index is 12.1. The first kappa shape index (κ1) is 10.9. The van der Waals surface area contributed by atoms with Crippen LogP contribution in [0.1, 0.15) is 20.8 Å². The summed E-state index contributed by atoms with van der Waals surface area (Å²) in [5.74, 6) is 0.833. The molecule has 0 bridgehead atoms. The van der Waals surface area contributed by atoms with Gasteiger partial charge in [-0.1, -0.05) is 0 Å². The lowest BCUT2D eigenvalue weighted by molar-refractivity contribution is 0.103. The summed E-state index contributed by atoms with van der Waals surface area (Å²) in [5.41, 5.74) is 1.48. The minimum Gasteiger partial charge on any atom is -0.497 e. The highest BCUT2D eigenvalue weighted by Gasteiger charge is 2.12. The van der Waals surface area contributed by atoms with Crippen molar-refractivity contribution in [2.75, 3.05) is 7.11 Å². The lowest BCUT2D eigenvalue weighted by Crippen LogP contribution is -2.00. The Kier molecular flexibility index (Phi) is 3.06. The molecule has 0 aliphatic carbocycles. The van der Waals surface area contributed by atoms with Crippen LogP contribution in [-0.4, -0.2) is 12.9 Å². The average molecular weight is 232 g/mol. The lowest BCUT2D eigenvalue weighted by Gasteiger charge is -2.02. The number of hydrogen-bond acceptors (Lipinski definition) is 3. The first-order chi connectivity index (χ1) is 7.72. The van der Waals surface area contributed by atoms with Crippen molar-refractivity contribution in [2.24, 2.45) is 0 Å². The Hall–Kier alpha value is -1.61. The molecule has 0 atom stereocenters. The molecule has 0 radical (unpaired) electrons. The maximum atomic E-state index is 12.1. The van der Waals surface area contributed by atoms with Gasteiger partial charge in [0, 0.05) is 16.0 Å². The van der Waals surface area contributed by atoms with Crippen LogP contribution >= 0.6 is 11.3 Å². The molecule has 0 unspecified atom stereocenters. The molecule has 16 heavy (non-hydrogen) atoms. The highest BCUT2D eigenvalue weighted by molar-refractivity contribution is 7.10. The summed E-state index contributed by atoms with van der Waals surface area (Å²) < 4.78 is 5.05. The topological polar surface area (TPSA) is 26.3 Å². The average Bonchev–Trinajstić information content (AvgIpc) is 2.75. The highest BCUT2D eigenvalue weighted by Crippen LogP contribution is 2.20. The Morgan fingerprint density at radius 2 is 1.88 bits per heavy atom. The molecule has 1 aromatic carbocycles. The van der Waals surface area contributed by atoms with Crippen molar-refractivity contribution in [3.63, 3.8) is 0 Å². The Bertz CT molecular complexity index is 497. The third-order valence-corrected chi connectivity index (χ3v) is 3.30. The number of methoxy groups -OCH3 is 1. The van der Waals surface area contributed by atoms with Crippen molar-refractivity contribution in [1.82, 2.24) is 0 Å². The summed E-state index contributed by atoms with van der Waals surface area (Å²) in [6.07, 6.45) is 0. The number of carbonyl (C=O) groups excluding carboxylic acids is 1. The van der Waals surface area contributed by atoms with E-state index in [4.69, 9.17) is 4.74 Å². The highest BCUT2D eigenvalue weighted by atomic mass is 32.1. The molecule has 1 aromatic heterocycles. The van der Waals surface area contributed by atoms with E-state index in [-0.39, 0.29) is 5.78 Å². The molecular weight excluding hydrogens is 220 g/mol. The fourth-order valence-electron chi connectivity index (χ4n) is 1.52. The van der Waals surface area contributed by atoms with Crippen molar-refractivity contribution in [3.8, 4) is 5.75 Å². The van der Waals surface area contributed by atoms with Crippen molar-refractivity contribution in [3.05, 3.63) is 51.7 Å². The normalized spacial score (nSPS) is 10.1. The molecule has 0 aliphatic heterocycles. The second-order valence-corrected chi connectivity index (χ2v) is 4.57. The number of ketones is 1. The number of ether oxygens (including phenoxy) is 1. The fourth-order valence-corrected chi connectivity index (χ4v) is 2.21. The van der Waals surface area contributed by atoms with E-state index in [1.54, 1.807) is 42.7 Å². The number of carbonyl (C=O) groups is 1. The molecule has 82 valence electrons. The molecule has 0 fully saturated rings. The molecule has 2 aromatic rings. The second-order valence-electron chi connectivity index (χ2n) is 3.45. The van der Waals surface area contributed by atoms with Crippen LogP contribution < -0.4 is 4.74 Å². The summed E-state index contributed by atoms with van der Waals surface area (Å²) in [5, 5.41) is 1.94. The predicted molar refractivity (Wildman–Crippen MR) is 65.5 cm³/mol. The Balaban J connectivity index is 2.31. The van der Waals surface area contributed by atoms with Gasteiger partial charge in [0.05, 0.1) is 7.11 Å². The van der Waals surface area contributed by atoms with Gasteiger partial charge in [0.25, 0.3) is 0 Å². The third kappa shape index (κ3) is 1.99. The zero-order valence-corrected chi connectivity index (χ0v) is 10.0. The van der Waals surface area contributed by atoms with Gasteiger partial charge in [-0.3, -0.25) is 4.79 Å². The standard InChI is InChI=1S/C13H12O2S/c1-9-12(7-8-16-9)13(14)10-3-5-11(15-2)6-4-10/h3-8H,1-2H3. The SMILES string of the molecule is COc1ccc(C(=O)c2ccsc2C)cc1. The van der Waals surface area contributed by atoms with Crippen LogP contribution in [0.15, 0.2) is 35.7 Å². The van der Waals surface area contributed by atoms with Crippen LogP contribution in [0.2, 0.25) is 0 Å². The number of hydrogen-bond donors (Lipinski definition) is 0. The Morgan fingerprint density at radius 3 is 2.38 bits per heavy atom. The zero-order chi connectivity index (χ0) is 11.5. The summed E-state index contributed by atoms with van der Waals surface area (Å²) in [4.78, 5) is 13.2. The first-order valence-corrected chi connectivity index (χ1v) is 5.83. The number of benzene rings is 1. The van der Waals surface area contributed by atoms with Crippen LogP contribution in [0.3, 0.4) is 0 Å². The molecule has 3 heteroatoms. The molecule has 0 amide bonds. The van der Waals surface area contributed by atoms with E-state index in [0.717, 1.165) is 16.2 Å². The van der Waals surface area contributed by atoms with Gasteiger partial charge < -0.3 is 4.74 Å². The van der Waals surface area contributed by atoms with E-state index >= 15 is 0 Å². The lowest BCUT2D eigenvalue weighted by atomic mass is 10.0. The second kappa shape index (κ2) is 4.49. The quantitative estimate of drug-likeness (QED) is 0.759. The van der Waals surface area contributed by atoms with Crippen LogP contribution in [0.5, 0.6) is 5.75 Å². The molecular formula is C13H12O2S. The minimum absolute atomic E-state index is 0.0707. The van der Waals surface area contributed by atoms with Gasteiger partial charge in [0.2, 0.25) is 0 Å². The minimum atomic E-state index is 0.0707. The van der Waals surface area contributed by atoms with Crippen molar-refractivity contribution >= 4 is 17.1 Å². The number of rotatable bonds is 3. The zero-order valence-electron chi connectivity index (χ0n) is 9.19. The molecule has 2 rings (SSSR count).